The van der Waals surface area contributed by atoms with E-state index in [9.17, 15) is 13.2 Å². The normalized spacial score (nSPS) is 12.3. The smallest absolute Gasteiger partial charge is 0.406 e. The topological polar surface area (TPSA) is 21.3 Å². The highest BCUT2D eigenvalue weighted by Crippen LogP contribution is 2.22. The zero-order chi connectivity index (χ0) is 15.7. The van der Waals surface area contributed by atoms with Gasteiger partial charge in [-0.1, -0.05) is 38.1 Å². The van der Waals surface area contributed by atoms with E-state index in [1.54, 1.807) is 12.1 Å². The Morgan fingerprint density at radius 1 is 1.14 bits per heavy atom. The van der Waals surface area contributed by atoms with Gasteiger partial charge < -0.3 is 10.1 Å². The van der Waals surface area contributed by atoms with Crippen LogP contribution in [0.3, 0.4) is 0 Å². The Kier molecular flexibility index (Phi) is 7.29. The highest BCUT2D eigenvalue weighted by molar-refractivity contribution is 5.28. The standard InChI is InChI=1S/C16H22F3NO/c1-13(2)12-20-11-5-3-4-6-14-7-9-15(10-8-14)21-16(17,18)19/h3-4,7-10,13,20H,5-6,11-12H2,1-2H3. The van der Waals surface area contributed by atoms with E-state index >= 15 is 0 Å². The molecule has 0 radical (unpaired) electrons. The molecule has 0 saturated heterocycles. The SMILES string of the molecule is CC(C)CNCCC=CCc1ccc(OC(F)(F)F)cc1. The van der Waals surface area contributed by atoms with Crippen LogP contribution in [0.4, 0.5) is 13.2 Å². The lowest BCUT2D eigenvalue weighted by Crippen LogP contribution is -2.20. The van der Waals surface area contributed by atoms with E-state index in [-0.39, 0.29) is 5.75 Å². The monoisotopic (exact) mass is 301 g/mol. The molecule has 0 aliphatic carbocycles. The van der Waals surface area contributed by atoms with Crippen LogP contribution in [-0.4, -0.2) is 19.5 Å². The second kappa shape index (κ2) is 8.72. The van der Waals surface area contributed by atoms with Gasteiger partial charge >= 0.3 is 6.36 Å². The van der Waals surface area contributed by atoms with Gasteiger partial charge in [-0.25, -0.2) is 0 Å². The molecule has 0 heterocycles. The molecule has 0 atom stereocenters. The molecule has 1 rings (SSSR count). The van der Waals surface area contributed by atoms with Crippen molar-refractivity contribution >= 4 is 0 Å². The lowest BCUT2D eigenvalue weighted by atomic mass is 10.1. The summed E-state index contributed by atoms with van der Waals surface area (Å²) in [6.45, 7) is 6.27. The van der Waals surface area contributed by atoms with Gasteiger partial charge in [-0.15, -0.1) is 13.2 Å². The second-order valence-electron chi connectivity index (χ2n) is 5.25. The minimum Gasteiger partial charge on any atom is -0.406 e. The number of ether oxygens (including phenoxy) is 1. The van der Waals surface area contributed by atoms with Gasteiger partial charge in [0, 0.05) is 0 Å². The molecule has 0 amide bonds. The molecule has 2 nitrogen and oxygen atoms in total. The Bertz CT molecular complexity index is 424. The van der Waals surface area contributed by atoms with Crippen molar-refractivity contribution in [3.63, 3.8) is 0 Å². The fourth-order valence-corrected chi connectivity index (χ4v) is 1.74. The van der Waals surface area contributed by atoms with Crippen molar-refractivity contribution in [3.05, 3.63) is 42.0 Å². The molecule has 0 aromatic heterocycles. The van der Waals surface area contributed by atoms with Crippen molar-refractivity contribution in [1.82, 2.24) is 5.32 Å². The second-order valence-corrected chi connectivity index (χ2v) is 5.25. The molecule has 0 spiro atoms. The zero-order valence-corrected chi connectivity index (χ0v) is 12.4. The van der Waals surface area contributed by atoms with Gasteiger partial charge in [-0.3, -0.25) is 0 Å². The van der Waals surface area contributed by atoms with E-state index < -0.39 is 6.36 Å². The summed E-state index contributed by atoms with van der Waals surface area (Å²) in [6, 6.07) is 5.95. The first-order valence-corrected chi connectivity index (χ1v) is 7.07. The van der Waals surface area contributed by atoms with Crippen molar-refractivity contribution in [3.8, 4) is 5.75 Å². The maximum atomic E-state index is 12.0. The van der Waals surface area contributed by atoms with Crippen LogP contribution in [0, 0.1) is 5.92 Å². The van der Waals surface area contributed by atoms with Crippen molar-refractivity contribution < 1.29 is 17.9 Å². The summed E-state index contributed by atoms with van der Waals surface area (Å²) in [7, 11) is 0. The molecule has 0 bridgehead atoms. The van der Waals surface area contributed by atoms with E-state index in [4.69, 9.17) is 0 Å². The van der Waals surface area contributed by atoms with Crippen molar-refractivity contribution in [2.24, 2.45) is 5.92 Å². The summed E-state index contributed by atoms with van der Waals surface area (Å²) >= 11 is 0. The third-order valence-electron chi connectivity index (χ3n) is 2.72. The fraction of sp³-hybridized carbons (Fsp3) is 0.500. The van der Waals surface area contributed by atoms with Crippen LogP contribution in [0.15, 0.2) is 36.4 Å². The Labute approximate surface area is 124 Å². The molecular weight excluding hydrogens is 279 g/mol. The molecule has 21 heavy (non-hydrogen) atoms. The first-order valence-electron chi connectivity index (χ1n) is 7.07. The number of hydrogen-bond acceptors (Lipinski definition) is 2. The van der Waals surface area contributed by atoms with Crippen molar-refractivity contribution in [2.45, 2.75) is 33.1 Å². The van der Waals surface area contributed by atoms with Crippen molar-refractivity contribution in [1.29, 1.82) is 0 Å². The number of benzene rings is 1. The van der Waals surface area contributed by atoms with Crippen LogP contribution >= 0.6 is 0 Å². The van der Waals surface area contributed by atoms with Gasteiger partial charge in [0.15, 0.2) is 0 Å². The van der Waals surface area contributed by atoms with E-state index in [0.717, 1.165) is 25.1 Å². The summed E-state index contributed by atoms with van der Waals surface area (Å²) < 4.78 is 39.8. The molecule has 0 aliphatic rings. The highest BCUT2D eigenvalue weighted by Gasteiger charge is 2.30. The molecule has 0 saturated carbocycles. The fourth-order valence-electron chi connectivity index (χ4n) is 1.74. The minimum absolute atomic E-state index is 0.187. The number of alkyl halides is 3. The molecule has 1 aromatic rings. The van der Waals surface area contributed by atoms with Crippen molar-refractivity contribution in [2.75, 3.05) is 13.1 Å². The van der Waals surface area contributed by atoms with Crippen LogP contribution in [0.5, 0.6) is 5.75 Å². The van der Waals surface area contributed by atoms with Gasteiger partial charge in [0.2, 0.25) is 0 Å². The average Bonchev–Trinajstić information content (AvgIpc) is 2.37. The summed E-state index contributed by atoms with van der Waals surface area (Å²) in [5, 5.41) is 3.34. The molecule has 118 valence electrons. The summed E-state index contributed by atoms with van der Waals surface area (Å²) in [4.78, 5) is 0. The lowest BCUT2D eigenvalue weighted by Gasteiger charge is -2.08. The Balaban J connectivity index is 2.26. The maximum absolute atomic E-state index is 12.0. The molecule has 1 N–H and O–H groups in total. The summed E-state index contributed by atoms with van der Waals surface area (Å²) in [6.07, 6.45) is 1.12. The van der Waals surface area contributed by atoms with Crippen LogP contribution in [0.1, 0.15) is 25.8 Å². The zero-order valence-electron chi connectivity index (χ0n) is 12.4. The third-order valence-corrected chi connectivity index (χ3v) is 2.72. The first-order chi connectivity index (χ1) is 9.87. The first kappa shape index (κ1) is 17.6. The molecule has 1 aromatic carbocycles. The maximum Gasteiger partial charge on any atom is 0.573 e. The lowest BCUT2D eigenvalue weighted by molar-refractivity contribution is -0.274. The van der Waals surface area contributed by atoms with Crippen LogP contribution in [0.2, 0.25) is 0 Å². The molecular formula is C16H22F3NO. The van der Waals surface area contributed by atoms with Gasteiger partial charge in [0.05, 0.1) is 0 Å². The Morgan fingerprint density at radius 2 is 1.81 bits per heavy atom. The van der Waals surface area contributed by atoms with E-state index in [1.807, 2.05) is 6.08 Å². The largest absolute Gasteiger partial charge is 0.573 e. The van der Waals surface area contributed by atoms with Gasteiger partial charge in [-0.2, -0.15) is 0 Å². The van der Waals surface area contributed by atoms with E-state index in [2.05, 4.69) is 30.0 Å². The van der Waals surface area contributed by atoms with Crippen LogP contribution in [0.25, 0.3) is 0 Å². The quantitative estimate of drug-likeness (QED) is 0.570. The summed E-state index contributed by atoms with van der Waals surface area (Å²) in [5.41, 5.74) is 0.955. The number of nitrogens with one attached hydrogen (secondary N) is 1. The molecule has 5 heteroatoms. The van der Waals surface area contributed by atoms with Crippen LogP contribution < -0.4 is 10.1 Å². The Hall–Kier alpha value is -1.49. The van der Waals surface area contributed by atoms with Gasteiger partial charge in [0.25, 0.3) is 0 Å². The molecule has 0 fully saturated rings. The van der Waals surface area contributed by atoms with E-state index in [0.29, 0.717) is 12.3 Å². The molecule has 0 aliphatic heterocycles. The van der Waals surface area contributed by atoms with E-state index in [1.165, 1.54) is 12.1 Å². The predicted octanol–water partition coefficient (Wildman–Crippen LogP) is 4.32. The van der Waals surface area contributed by atoms with Crippen LogP contribution in [-0.2, 0) is 6.42 Å². The third kappa shape index (κ3) is 9.13. The summed E-state index contributed by atoms with van der Waals surface area (Å²) in [5.74, 6) is 0.458. The number of rotatable bonds is 8. The number of allylic oxidation sites excluding steroid dienone is 1. The average molecular weight is 301 g/mol. The van der Waals surface area contributed by atoms with Gasteiger partial charge in [-0.05, 0) is 49.5 Å². The Morgan fingerprint density at radius 3 is 2.38 bits per heavy atom. The van der Waals surface area contributed by atoms with Gasteiger partial charge in [0.1, 0.15) is 5.75 Å². The number of halogens is 3. The molecule has 0 unspecified atom stereocenters. The number of hydrogen-bond donors (Lipinski definition) is 1. The predicted molar refractivity (Wildman–Crippen MR) is 78.3 cm³/mol. The highest BCUT2D eigenvalue weighted by atomic mass is 19.4. The minimum atomic E-state index is -4.63.